The van der Waals surface area contributed by atoms with Crippen LogP contribution in [0.4, 0.5) is 0 Å². The van der Waals surface area contributed by atoms with Crippen molar-refractivity contribution in [1.29, 1.82) is 0 Å². The van der Waals surface area contributed by atoms with Crippen LogP contribution in [0.2, 0.25) is 0 Å². The van der Waals surface area contributed by atoms with Gasteiger partial charge in [0.05, 0.1) is 33.2 Å². The van der Waals surface area contributed by atoms with Crippen LogP contribution in [0.1, 0.15) is 13.3 Å². The third-order valence-corrected chi connectivity index (χ3v) is 1.85. The van der Waals surface area contributed by atoms with Gasteiger partial charge in [0.25, 0.3) is 0 Å². The third-order valence-electron chi connectivity index (χ3n) is 1.85. The molecule has 0 aromatic rings. The minimum absolute atomic E-state index is 0.0502. The van der Waals surface area contributed by atoms with Crippen LogP contribution in [0, 0.1) is 0 Å². The Kier molecular flexibility index (Phi) is 6.44. The Balaban J connectivity index is 3.50. The van der Waals surface area contributed by atoms with E-state index < -0.39 is 5.97 Å². The summed E-state index contributed by atoms with van der Waals surface area (Å²) in [6, 6.07) is 0. The van der Waals surface area contributed by atoms with Gasteiger partial charge in [-0.25, -0.2) is 5.48 Å². The predicted octanol–water partition coefficient (Wildman–Crippen LogP) is -1.26. The van der Waals surface area contributed by atoms with Crippen molar-refractivity contribution in [1.82, 2.24) is 5.48 Å². The summed E-state index contributed by atoms with van der Waals surface area (Å²) in [6.45, 7) is 4.12. The topological polar surface area (TPSA) is 61.4 Å². The molecule has 0 aromatic carbocycles. The van der Waals surface area contributed by atoms with Crippen LogP contribution >= 0.6 is 0 Å². The van der Waals surface area contributed by atoms with E-state index in [0.29, 0.717) is 11.1 Å². The van der Waals surface area contributed by atoms with Crippen molar-refractivity contribution in [3.05, 3.63) is 0 Å². The number of quaternary nitrogens is 1. The van der Waals surface area contributed by atoms with E-state index in [-0.39, 0.29) is 6.54 Å². The van der Waals surface area contributed by atoms with Gasteiger partial charge in [-0.1, -0.05) is 0 Å². The lowest BCUT2D eigenvalue weighted by Crippen LogP contribution is -2.49. The zero-order valence-corrected chi connectivity index (χ0v) is 9.21. The largest absolute Gasteiger partial charge is 0.544 e. The van der Waals surface area contributed by atoms with E-state index in [0.717, 1.165) is 19.5 Å². The van der Waals surface area contributed by atoms with Crippen LogP contribution in [0.25, 0.3) is 0 Å². The Labute approximate surface area is 85.2 Å². The molecule has 0 bridgehead atoms. The van der Waals surface area contributed by atoms with Crippen molar-refractivity contribution in [2.75, 3.05) is 40.3 Å². The highest BCUT2D eigenvalue weighted by atomic mass is 16.6. The number of nitrogens with zero attached hydrogens (tertiary/aromatic N) is 1. The van der Waals surface area contributed by atoms with Gasteiger partial charge in [-0.3, -0.25) is 0 Å². The van der Waals surface area contributed by atoms with E-state index in [9.17, 15) is 9.90 Å². The van der Waals surface area contributed by atoms with E-state index in [1.165, 1.54) is 0 Å². The number of hydrogen-bond donors (Lipinski definition) is 1. The van der Waals surface area contributed by atoms with Crippen molar-refractivity contribution in [2.45, 2.75) is 13.3 Å². The quantitative estimate of drug-likeness (QED) is 0.305. The Morgan fingerprint density at radius 2 is 2.14 bits per heavy atom. The molecular formula is C9H20N2O3. The number of carbonyl (C=O) groups excluding carboxylic acids is 1. The van der Waals surface area contributed by atoms with Crippen molar-refractivity contribution in [2.24, 2.45) is 0 Å². The van der Waals surface area contributed by atoms with Gasteiger partial charge in [0, 0.05) is 13.0 Å². The van der Waals surface area contributed by atoms with Gasteiger partial charge in [-0.15, -0.1) is 0 Å². The van der Waals surface area contributed by atoms with Crippen molar-refractivity contribution >= 4 is 5.97 Å². The molecule has 1 N–H and O–H groups in total. The van der Waals surface area contributed by atoms with Gasteiger partial charge in [0.2, 0.25) is 0 Å². The summed E-state index contributed by atoms with van der Waals surface area (Å²) in [5.74, 6) is -1.01. The number of aliphatic carboxylic acids is 1. The first kappa shape index (κ1) is 13.4. The molecule has 0 heterocycles. The highest BCUT2D eigenvalue weighted by Gasteiger charge is 2.14. The number of hydroxylamine groups is 1. The molecule has 0 unspecified atom stereocenters. The molecule has 5 heteroatoms. The molecule has 0 atom stereocenters. The lowest BCUT2D eigenvalue weighted by molar-refractivity contribution is -0.884. The van der Waals surface area contributed by atoms with Crippen LogP contribution in [-0.2, 0) is 9.63 Å². The fourth-order valence-electron chi connectivity index (χ4n) is 1.18. The second-order valence-electron chi connectivity index (χ2n) is 3.87. The standard InChI is InChI=1S/C9H20N2O3/c1-4-14-10-6-5-7-11(2,3)8-9(12)13/h10H,4-8H2,1-3H3. The Morgan fingerprint density at radius 3 is 2.64 bits per heavy atom. The molecular weight excluding hydrogens is 184 g/mol. The molecule has 0 saturated carbocycles. The lowest BCUT2D eigenvalue weighted by Gasteiger charge is -2.30. The molecule has 0 aromatic heterocycles. The SMILES string of the molecule is CCONCCC[N+](C)(C)CC(=O)[O-]. The smallest absolute Gasteiger partial charge is 0.119 e. The summed E-state index contributed by atoms with van der Waals surface area (Å²) in [6.07, 6.45) is 0.875. The molecule has 0 spiro atoms. The maximum Gasteiger partial charge on any atom is 0.119 e. The number of hydrogen-bond acceptors (Lipinski definition) is 4. The van der Waals surface area contributed by atoms with E-state index in [1.807, 2.05) is 21.0 Å². The minimum atomic E-state index is -1.01. The summed E-state index contributed by atoms with van der Waals surface area (Å²) in [7, 11) is 3.74. The number of rotatable bonds is 8. The molecule has 0 rings (SSSR count). The molecule has 84 valence electrons. The summed E-state index contributed by atoms with van der Waals surface area (Å²) in [5, 5.41) is 10.4. The fraction of sp³-hybridized carbons (Fsp3) is 0.889. The molecule has 5 nitrogen and oxygen atoms in total. The second kappa shape index (κ2) is 6.75. The molecule has 0 saturated heterocycles. The number of carbonyl (C=O) groups is 1. The van der Waals surface area contributed by atoms with E-state index in [4.69, 9.17) is 4.84 Å². The third kappa shape index (κ3) is 7.97. The van der Waals surface area contributed by atoms with Crippen LogP contribution in [0.15, 0.2) is 0 Å². The minimum Gasteiger partial charge on any atom is -0.544 e. The van der Waals surface area contributed by atoms with Crippen molar-refractivity contribution in [3.8, 4) is 0 Å². The van der Waals surface area contributed by atoms with Crippen LogP contribution < -0.4 is 10.6 Å². The molecule has 0 aliphatic rings. The summed E-state index contributed by atoms with van der Waals surface area (Å²) >= 11 is 0. The van der Waals surface area contributed by atoms with E-state index >= 15 is 0 Å². The summed E-state index contributed by atoms with van der Waals surface area (Å²) < 4.78 is 0.441. The first-order valence-corrected chi connectivity index (χ1v) is 4.84. The van der Waals surface area contributed by atoms with Gasteiger partial charge >= 0.3 is 0 Å². The maximum atomic E-state index is 10.4. The van der Waals surface area contributed by atoms with Crippen LogP contribution in [0.5, 0.6) is 0 Å². The molecule has 0 amide bonds. The zero-order chi connectivity index (χ0) is 11.0. The van der Waals surface area contributed by atoms with Gasteiger partial charge < -0.3 is 19.2 Å². The summed E-state index contributed by atoms with van der Waals surface area (Å²) in [4.78, 5) is 15.3. The Hall–Kier alpha value is -0.650. The highest BCUT2D eigenvalue weighted by molar-refractivity contribution is 5.65. The average molecular weight is 204 g/mol. The highest BCUT2D eigenvalue weighted by Crippen LogP contribution is 1.97. The van der Waals surface area contributed by atoms with Crippen LogP contribution in [0.3, 0.4) is 0 Å². The number of carboxylic acids is 1. The van der Waals surface area contributed by atoms with E-state index in [1.54, 1.807) is 0 Å². The molecule has 0 aliphatic carbocycles. The van der Waals surface area contributed by atoms with Gasteiger partial charge in [-0.05, 0) is 6.92 Å². The van der Waals surface area contributed by atoms with Crippen molar-refractivity contribution in [3.63, 3.8) is 0 Å². The van der Waals surface area contributed by atoms with Gasteiger partial charge in [-0.2, -0.15) is 0 Å². The fourth-order valence-corrected chi connectivity index (χ4v) is 1.18. The molecule has 0 radical (unpaired) electrons. The Morgan fingerprint density at radius 1 is 1.50 bits per heavy atom. The number of nitrogens with one attached hydrogen (secondary N) is 1. The first-order chi connectivity index (χ1) is 6.48. The van der Waals surface area contributed by atoms with Gasteiger partial charge in [0.1, 0.15) is 6.54 Å². The van der Waals surface area contributed by atoms with Gasteiger partial charge in [0.15, 0.2) is 0 Å². The number of likely N-dealkylation sites (N-methyl/N-ethyl adjacent to an activating group) is 1. The van der Waals surface area contributed by atoms with Crippen molar-refractivity contribution < 1.29 is 19.2 Å². The molecule has 14 heavy (non-hydrogen) atoms. The normalized spacial score (nSPS) is 11.6. The number of carboxylic acid groups (broad SMARTS) is 1. The van der Waals surface area contributed by atoms with Crippen LogP contribution in [-0.4, -0.2) is 50.8 Å². The second-order valence-corrected chi connectivity index (χ2v) is 3.87. The zero-order valence-electron chi connectivity index (χ0n) is 9.21. The lowest BCUT2D eigenvalue weighted by atomic mass is 10.3. The molecule has 0 fully saturated rings. The predicted molar refractivity (Wildman–Crippen MR) is 51.1 cm³/mol. The summed E-state index contributed by atoms with van der Waals surface area (Å²) in [5.41, 5.74) is 2.79. The van der Waals surface area contributed by atoms with E-state index in [2.05, 4.69) is 5.48 Å². The Bertz CT molecular complexity index is 171. The first-order valence-electron chi connectivity index (χ1n) is 4.84. The average Bonchev–Trinajstić information content (AvgIpc) is 2.01. The monoisotopic (exact) mass is 204 g/mol. The molecule has 0 aliphatic heterocycles. The maximum absolute atomic E-state index is 10.4.